The van der Waals surface area contributed by atoms with Crippen LogP contribution < -0.4 is 11.1 Å². The van der Waals surface area contributed by atoms with Crippen LogP contribution in [0.3, 0.4) is 0 Å². The van der Waals surface area contributed by atoms with E-state index < -0.39 is 5.54 Å². The molecular weight excluding hydrogens is 226 g/mol. The molecule has 0 bridgehead atoms. The van der Waals surface area contributed by atoms with Crippen molar-refractivity contribution in [1.29, 1.82) is 0 Å². The molecule has 4 nitrogen and oxygen atoms in total. The molecule has 1 aliphatic rings. The molecule has 0 saturated carbocycles. The molecular formula is C14H29N3O. The number of nitrogens with two attached hydrogens (primary N) is 1. The summed E-state index contributed by atoms with van der Waals surface area (Å²) in [5.41, 5.74) is 5.38. The lowest BCUT2D eigenvalue weighted by atomic mass is 9.82. The number of carbonyl (C=O) groups is 1. The third-order valence-electron chi connectivity index (χ3n) is 4.67. The molecule has 1 rings (SSSR count). The monoisotopic (exact) mass is 255 g/mol. The predicted octanol–water partition coefficient (Wildman–Crippen LogP) is 1.35. The van der Waals surface area contributed by atoms with Gasteiger partial charge in [-0.2, -0.15) is 0 Å². The fourth-order valence-electron chi connectivity index (χ4n) is 3.05. The van der Waals surface area contributed by atoms with Gasteiger partial charge in [-0.05, 0) is 44.7 Å². The van der Waals surface area contributed by atoms with Gasteiger partial charge in [-0.3, -0.25) is 4.79 Å². The number of likely N-dealkylation sites (N-methyl/N-ethyl adjacent to an activating group) is 1. The average Bonchev–Trinajstić information content (AvgIpc) is 2.73. The van der Waals surface area contributed by atoms with Crippen LogP contribution in [0.5, 0.6) is 0 Å². The molecule has 1 unspecified atom stereocenters. The summed E-state index contributed by atoms with van der Waals surface area (Å²) in [6, 6.07) is 0. The first kappa shape index (κ1) is 15.4. The molecule has 0 aromatic heterocycles. The first-order chi connectivity index (χ1) is 8.41. The van der Waals surface area contributed by atoms with Crippen molar-refractivity contribution in [3.8, 4) is 0 Å². The molecule has 1 saturated heterocycles. The van der Waals surface area contributed by atoms with Gasteiger partial charge in [0.05, 0.1) is 0 Å². The molecule has 0 radical (unpaired) electrons. The SMILES string of the molecule is CCNC(C)(CN1CCC(CC)(CC)C1)C(N)=O. The zero-order valence-electron chi connectivity index (χ0n) is 12.4. The normalized spacial score (nSPS) is 22.9. The Kier molecular flexibility index (Phi) is 5.17. The van der Waals surface area contributed by atoms with Crippen LogP contribution in [-0.2, 0) is 4.79 Å². The van der Waals surface area contributed by atoms with Gasteiger partial charge in [0.15, 0.2) is 0 Å². The third kappa shape index (κ3) is 3.23. The zero-order chi connectivity index (χ0) is 13.8. The summed E-state index contributed by atoms with van der Waals surface area (Å²) in [5.74, 6) is -0.255. The lowest BCUT2D eigenvalue weighted by molar-refractivity contribution is -0.124. The lowest BCUT2D eigenvalue weighted by Crippen LogP contribution is -2.59. The van der Waals surface area contributed by atoms with Gasteiger partial charge in [-0.1, -0.05) is 20.8 Å². The largest absolute Gasteiger partial charge is 0.368 e. The van der Waals surface area contributed by atoms with Crippen LogP contribution in [0, 0.1) is 5.41 Å². The summed E-state index contributed by atoms with van der Waals surface area (Å²) in [5, 5.41) is 3.23. The van der Waals surface area contributed by atoms with Crippen molar-refractivity contribution in [2.24, 2.45) is 11.1 Å². The predicted molar refractivity (Wildman–Crippen MR) is 75.3 cm³/mol. The Hall–Kier alpha value is -0.610. The molecule has 1 heterocycles. The van der Waals surface area contributed by atoms with E-state index in [1.165, 1.54) is 19.3 Å². The molecule has 1 aliphatic heterocycles. The van der Waals surface area contributed by atoms with E-state index in [2.05, 4.69) is 24.1 Å². The second-order valence-electron chi connectivity index (χ2n) is 5.89. The van der Waals surface area contributed by atoms with Gasteiger partial charge in [0.2, 0.25) is 5.91 Å². The van der Waals surface area contributed by atoms with Crippen molar-refractivity contribution >= 4 is 5.91 Å². The molecule has 0 spiro atoms. The Labute approximate surface area is 111 Å². The van der Waals surface area contributed by atoms with E-state index in [0.29, 0.717) is 5.41 Å². The molecule has 1 amide bonds. The highest BCUT2D eigenvalue weighted by atomic mass is 16.1. The van der Waals surface area contributed by atoms with Crippen molar-refractivity contribution in [2.45, 2.75) is 52.5 Å². The molecule has 18 heavy (non-hydrogen) atoms. The fourth-order valence-corrected chi connectivity index (χ4v) is 3.05. The molecule has 0 aromatic rings. The standard InChI is InChI=1S/C14H29N3O/c1-5-14(6-2)8-9-17(11-14)10-13(4,12(15)18)16-7-3/h16H,5-11H2,1-4H3,(H2,15,18). The summed E-state index contributed by atoms with van der Waals surface area (Å²) < 4.78 is 0. The van der Waals surface area contributed by atoms with Crippen LogP contribution in [0.25, 0.3) is 0 Å². The molecule has 1 fully saturated rings. The van der Waals surface area contributed by atoms with E-state index in [9.17, 15) is 4.79 Å². The van der Waals surface area contributed by atoms with E-state index >= 15 is 0 Å². The summed E-state index contributed by atoms with van der Waals surface area (Å²) in [7, 11) is 0. The van der Waals surface area contributed by atoms with Crippen LogP contribution in [0.2, 0.25) is 0 Å². The number of primary amides is 1. The van der Waals surface area contributed by atoms with Gasteiger partial charge in [0.25, 0.3) is 0 Å². The number of nitrogens with one attached hydrogen (secondary N) is 1. The Balaban J connectivity index is 2.65. The van der Waals surface area contributed by atoms with Gasteiger partial charge in [-0.25, -0.2) is 0 Å². The Morgan fingerprint density at radius 2 is 2.00 bits per heavy atom. The molecule has 4 heteroatoms. The molecule has 0 aliphatic carbocycles. The van der Waals surface area contributed by atoms with Crippen LogP contribution in [-0.4, -0.2) is 42.5 Å². The summed E-state index contributed by atoms with van der Waals surface area (Å²) in [6.07, 6.45) is 3.67. The summed E-state index contributed by atoms with van der Waals surface area (Å²) in [4.78, 5) is 14.0. The molecule has 3 N–H and O–H groups in total. The van der Waals surface area contributed by atoms with E-state index in [4.69, 9.17) is 5.73 Å². The van der Waals surface area contributed by atoms with Crippen molar-refractivity contribution < 1.29 is 4.79 Å². The van der Waals surface area contributed by atoms with Gasteiger partial charge in [-0.15, -0.1) is 0 Å². The minimum Gasteiger partial charge on any atom is -0.368 e. The number of hydrogen-bond donors (Lipinski definition) is 2. The zero-order valence-corrected chi connectivity index (χ0v) is 12.4. The van der Waals surface area contributed by atoms with Gasteiger partial charge < -0.3 is 16.0 Å². The van der Waals surface area contributed by atoms with Crippen molar-refractivity contribution in [3.05, 3.63) is 0 Å². The highest BCUT2D eigenvalue weighted by molar-refractivity contribution is 5.84. The number of likely N-dealkylation sites (tertiary alicyclic amines) is 1. The quantitative estimate of drug-likeness (QED) is 0.722. The van der Waals surface area contributed by atoms with Crippen molar-refractivity contribution in [2.75, 3.05) is 26.2 Å². The number of carbonyl (C=O) groups excluding carboxylic acids is 1. The van der Waals surface area contributed by atoms with Crippen molar-refractivity contribution in [1.82, 2.24) is 10.2 Å². The molecule has 106 valence electrons. The second-order valence-corrected chi connectivity index (χ2v) is 5.89. The van der Waals surface area contributed by atoms with E-state index in [0.717, 1.165) is 26.2 Å². The summed E-state index contributed by atoms with van der Waals surface area (Å²) >= 11 is 0. The highest BCUT2D eigenvalue weighted by Gasteiger charge is 2.39. The third-order valence-corrected chi connectivity index (χ3v) is 4.67. The minimum atomic E-state index is -0.605. The van der Waals surface area contributed by atoms with Gasteiger partial charge >= 0.3 is 0 Å². The number of rotatable bonds is 7. The van der Waals surface area contributed by atoms with Crippen LogP contribution in [0.15, 0.2) is 0 Å². The topological polar surface area (TPSA) is 58.4 Å². The number of hydrogen-bond acceptors (Lipinski definition) is 3. The first-order valence-electron chi connectivity index (χ1n) is 7.18. The Morgan fingerprint density at radius 3 is 2.39 bits per heavy atom. The average molecular weight is 255 g/mol. The number of nitrogens with zero attached hydrogens (tertiary/aromatic N) is 1. The van der Waals surface area contributed by atoms with Crippen LogP contribution in [0.4, 0.5) is 0 Å². The van der Waals surface area contributed by atoms with E-state index in [-0.39, 0.29) is 5.91 Å². The maximum Gasteiger partial charge on any atom is 0.238 e. The molecule has 1 atom stereocenters. The molecule has 0 aromatic carbocycles. The maximum atomic E-state index is 11.6. The van der Waals surface area contributed by atoms with Crippen LogP contribution >= 0.6 is 0 Å². The van der Waals surface area contributed by atoms with Gasteiger partial charge in [0.1, 0.15) is 5.54 Å². The van der Waals surface area contributed by atoms with Crippen LogP contribution in [0.1, 0.15) is 47.0 Å². The van der Waals surface area contributed by atoms with Crippen molar-refractivity contribution in [3.63, 3.8) is 0 Å². The van der Waals surface area contributed by atoms with E-state index in [1.807, 2.05) is 13.8 Å². The Bertz CT molecular complexity index is 289. The fraction of sp³-hybridized carbons (Fsp3) is 0.929. The van der Waals surface area contributed by atoms with E-state index in [1.54, 1.807) is 0 Å². The maximum absolute atomic E-state index is 11.6. The number of amides is 1. The lowest BCUT2D eigenvalue weighted by Gasteiger charge is -2.33. The minimum absolute atomic E-state index is 0.255. The Morgan fingerprint density at radius 1 is 1.39 bits per heavy atom. The highest BCUT2D eigenvalue weighted by Crippen LogP contribution is 2.37. The van der Waals surface area contributed by atoms with Gasteiger partial charge in [0, 0.05) is 13.1 Å². The second kappa shape index (κ2) is 6.02. The smallest absolute Gasteiger partial charge is 0.238 e. The summed E-state index contributed by atoms with van der Waals surface area (Å²) in [6.45, 7) is 12.1. The first-order valence-corrected chi connectivity index (χ1v) is 7.18.